The standard InChI is InChI=1S/C16H14ClFN2O/c17-13-5-6-14(18)12(7-13)10-20-15-4-2-1-3-11(15)8-19-9-16(20)21/h1-7,19H,8-10H2. The second-order valence-electron chi connectivity index (χ2n) is 4.95. The average molecular weight is 305 g/mol. The van der Waals surface area contributed by atoms with Gasteiger partial charge >= 0.3 is 0 Å². The highest BCUT2D eigenvalue weighted by Crippen LogP contribution is 2.26. The molecule has 21 heavy (non-hydrogen) atoms. The summed E-state index contributed by atoms with van der Waals surface area (Å²) in [5.74, 6) is -0.443. The van der Waals surface area contributed by atoms with Crippen molar-refractivity contribution in [2.45, 2.75) is 13.1 Å². The van der Waals surface area contributed by atoms with Crippen LogP contribution in [0.25, 0.3) is 0 Å². The Labute approximate surface area is 127 Å². The number of benzene rings is 2. The van der Waals surface area contributed by atoms with Gasteiger partial charge in [0, 0.05) is 22.8 Å². The van der Waals surface area contributed by atoms with Gasteiger partial charge in [-0.15, -0.1) is 0 Å². The molecule has 1 aliphatic rings. The third-order valence-electron chi connectivity index (χ3n) is 3.51. The van der Waals surface area contributed by atoms with Crippen LogP contribution in [0.15, 0.2) is 42.5 Å². The fourth-order valence-corrected chi connectivity index (χ4v) is 2.66. The summed E-state index contributed by atoms with van der Waals surface area (Å²) in [7, 11) is 0. The molecule has 0 radical (unpaired) electrons. The molecule has 0 fully saturated rings. The van der Waals surface area contributed by atoms with Crippen LogP contribution >= 0.6 is 11.6 Å². The molecule has 1 N–H and O–H groups in total. The number of carbonyl (C=O) groups is 1. The first-order valence-electron chi connectivity index (χ1n) is 6.68. The van der Waals surface area contributed by atoms with Crippen molar-refractivity contribution < 1.29 is 9.18 Å². The molecule has 5 heteroatoms. The number of rotatable bonds is 2. The van der Waals surface area contributed by atoms with Gasteiger partial charge in [0.15, 0.2) is 0 Å². The molecule has 0 saturated heterocycles. The van der Waals surface area contributed by atoms with Gasteiger partial charge in [-0.25, -0.2) is 4.39 Å². The quantitative estimate of drug-likeness (QED) is 0.924. The first-order valence-corrected chi connectivity index (χ1v) is 7.06. The van der Waals surface area contributed by atoms with E-state index in [1.165, 1.54) is 12.1 Å². The molecule has 0 spiro atoms. The lowest BCUT2D eigenvalue weighted by Crippen LogP contribution is -2.35. The van der Waals surface area contributed by atoms with Crippen molar-refractivity contribution in [1.29, 1.82) is 0 Å². The van der Waals surface area contributed by atoms with E-state index in [0.717, 1.165) is 11.3 Å². The van der Waals surface area contributed by atoms with Crippen LogP contribution in [-0.2, 0) is 17.9 Å². The Morgan fingerprint density at radius 3 is 2.86 bits per heavy atom. The number of fused-ring (bicyclic) bond motifs is 1. The molecule has 2 aromatic carbocycles. The van der Waals surface area contributed by atoms with Gasteiger partial charge in [0.25, 0.3) is 0 Å². The summed E-state index contributed by atoms with van der Waals surface area (Å²) in [6.07, 6.45) is 0. The number of nitrogens with zero attached hydrogens (tertiary/aromatic N) is 1. The predicted molar refractivity (Wildman–Crippen MR) is 80.7 cm³/mol. The minimum Gasteiger partial charge on any atom is -0.306 e. The number of para-hydroxylation sites is 1. The van der Waals surface area contributed by atoms with Gasteiger partial charge in [-0.2, -0.15) is 0 Å². The summed E-state index contributed by atoms with van der Waals surface area (Å²) in [5.41, 5.74) is 2.24. The number of amides is 1. The van der Waals surface area contributed by atoms with E-state index in [4.69, 9.17) is 11.6 Å². The van der Waals surface area contributed by atoms with Crippen molar-refractivity contribution in [2.75, 3.05) is 11.4 Å². The van der Waals surface area contributed by atoms with Gasteiger partial charge in [0.05, 0.1) is 13.1 Å². The number of anilines is 1. The summed E-state index contributed by atoms with van der Waals surface area (Å²) < 4.78 is 13.9. The molecule has 0 bridgehead atoms. The van der Waals surface area contributed by atoms with Crippen LogP contribution < -0.4 is 10.2 Å². The van der Waals surface area contributed by atoms with Crippen LogP contribution in [-0.4, -0.2) is 12.5 Å². The Balaban J connectivity index is 2.00. The maximum Gasteiger partial charge on any atom is 0.241 e. The first-order chi connectivity index (χ1) is 10.1. The molecule has 2 aromatic rings. The molecule has 3 rings (SSSR count). The molecule has 0 saturated carbocycles. The normalized spacial score (nSPS) is 14.8. The maximum atomic E-state index is 13.9. The summed E-state index contributed by atoms with van der Waals surface area (Å²) in [5, 5.41) is 3.54. The van der Waals surface area contributed by atoms with E-state index in [9.17, 15) is 9.18 Å². The predicted octanol–water partition coefficient (Wildman–Crippen LogP) is 3.12. The zero-order valence-electron chi connectivity index (χ0n) is 11.3. The van der Waals surface area contributed by atoms with E-state index >= 15 is 0 Å². The van der Waals surface area contributed by atoms with Gasteiger partial charge in [0.2, 0.25) is 5.91 Å². The van der Waals surface area contributed by atoms with Crippen molar-refractivity contribution in [2.24, 2.45) is 0 Å². The first kappa shape index (κ1) is 14.0. The molecule has 0 aromatic heterocycles. The smallest absolute Gasteiger partial charge is 0.241 e. The van der Waals surface area contributed by atoms with Gasteiger partial charge in [-0.3, -0.25) is 4.79 Å². The molecule has 0 unspecified atom stereocenters. The molecule has 1 aliphatic heterocycles. The highest BCUT2D eigenvalue weighted by Gasteiger charge is 2.22. The third-order valence-corrected chi connectivity index (χ3v) is 3.75. The monoisotopic (exact) mass is 304 g/mol. The zero-order valence-corrected chi connectivity index (χ0v) is 12.0. The van der Waals surface area contributed by atoms with Crippen LogP contribution in [0, 0.1) is 5.82 Å². The number of hydrogen-bond acceptors (Lipinski definition) is 2. The van der Waals surface area contributed by atoms with Crippen LogP contribution in [0.1, 0.15) is 11.1 Å². The minimum absolute atomic E-state index is 0.0840. The van der Waals surface area contributed by atoms with Gasteiger partial charge < -0.3 is 10.2 Å². The Morgan fingerprint density at radius 1 is 1.19 bits per heavy atom. The Morgan fingerprint density at radius 2 is 2.00 bits per heavy atom. The lowest BCUT2D eigenvalue weighted by atomic mass is 10.1. The summed E-state index contributed by atoms with van der Waals surface area (Å²) in [4.78, 5) is 13.9. The van der Waals surface area contributed by atoms with E-state index in [1.54, 1.807) is 11.0 Å². The molecule has 1 amide bonds. The van der Waals surface area contributed by atoms with Crippen molar-refractivity contribution >= 4 is 23.2 Å². The fourth-order valence-electron chi connectivity index (χ4n) is 2.47. The van der Waals surface area contributed by atoms with E-state index in [1.807, 2.05) is 24.3 Å². The van der Waals surface area contributed by atoms with E-state index in [-0.39, 0.29) is 24.8 Å². The molecular weight excluding hydrogens is 291 g/mol. The van der Waals surface area contributed by atoms with Crippen LogP contribution in [0.4, 0.5) is 10.1 Å². The van der Waals surface area contributed by atoms with Crippen molar-refractivity contribution in [1.82, 2.24) is 5.32 Å². The second kappa shape index (κ2) is 5.84. The number of carbonyl (C=O) groups excluding carboxylic acids is 1. The molecule has 1 heterocycles. The molecule has 108 valence electrons. The van der Waals surface area contributed by atoms with E-state index < -0.39 is 0 Å². The number of nitrogens with one attached hydrogen (secondary N) is 1. The number of hydrogen-bond donors (Lipinski definition) is 1. The fraction of sp³-hybridized carbons (Fsp3) is 0.188. The average Bonchev–Trinajstić information content (AvgIpc) is 2.63. The Kier molecular flexibility index (Phi) is 3.90. The third kappa shape index (κ3) is 2.91. The second-order valence-corrected chi connectivity index (χ2v) is 5.38. The van der Waals surface area contributed by atoms with Gasteiger partial charge in [-0.05, 0) is 29.8 Å². The molecule has 0 aliphatic carbocycles. The Hall–Kier alpha value is -1.91. The van der Waals surface area contributed by atoms with Crippen molar-refractivity contribution in [3.05, 3.63) is 64.4 Å². The topological polar surface area (TPSA) is 32.3 Å². The lowest BCUT2D eigenvalue weighted by molar-refractivity contribution is -0.117. The summed E-state index contributed by atoms with van der Waals surface area (Å²) >= 11 is 5.92. The molecule has 0 atom stereocenters. The SMILES string of the molecule is O=C1CNCc2ccccc2N1Cc1cc(Cl)ccc1F. The van der Waals surface area contributed by atoms with Crippen molar-refractivity contribution in [3.63, 3.8) is 0 Å². The number of halogens is 2. The van der Waals surface area contributed by atoms with Crippen LogP contribution in [0.5, 0.6) is 0 Å². The van der Waals surface area contributed by atoms with E-state index in [0.29, 0.717) is 17.1 Å². The Bertz CT molecular complexity index is 690. The molecule has 3 nitrogen and oxygen atoms in total. The van der Waals surface area contributed by atoms with Crippen LogP contribution in [0.2, 0.25) is 5.02 Å². The molecular formula is C16H14ClFN2O. The van der Waals surface area contributed by atoms with Crippen LogP contribution in [0.3, 0.4) is 0 Å². The minimum atomic E-state index is -0.359. The highest BCUT2D eigenvalue weighted by atomic mass is 35.5. The van der Waals surface area contributed by atoms with Gasteiger partial charge in [-0.1, -0.05) is 29.8 Å². The zero-order chi connectivity index (χ0) is 14.8. The summed E-state index contributed by atoms with van der Waals surface area (Å²) in [6.45, 7) is 1.03. The summed E-state index contributed by atoms with van der Waals surface area (Å²) in [6, 6.07) is 12.0. The van der Waals surface area contributed by atoms with Gasteiger partial charge in [0.1, 0.15) is 5.82 Å². The van der Waals surface area contributed by atoms with E-state index in [2.05, 4.69) is 5.32 Å². The highest BCUT2D eigenvalue weighted by molar-refractivity contribution is 6.30. The maximum absolute atomic E-state index is 13.9. The largest absolute Gasteiger partial charge is 0.306 e. The lowest BCUT2D eigenvalue weighted by Gasteiger charge is -2.23. The van der Waals surface area contributed by atoms with Crippen molar-refractivity contribution in [3.8, 4) is 0 Å².